The highest BCUT2D eigenvalue weighted by molar-refractivity contribution is 5.80. The van der Waals surface area contributed by atoms with Gasteiger partial charge in [-0.15, -0.1) is 0 Å². The van der Waals surface area contributed by atoms with Gasteiger partial charge >= 0.3 is 5.97 Å². The summed E-state index contributed by atoms with van der Waals surface area (Å²) in [5.74, 6) is -0.589. The van der Waals surface area contributed by atoms with Gasteiger partial charge in [0.15, 0.2) is 5.82 Å². The predicted octanol–water partition coefficient (Wildman–Crippen LogP) is -0.319. The number of aryl methyl sites for hydroxylation is 1. The van der Waals surface area contributed by atoms with E-state index in [4.69, 9.17) is 5.11 Å². The molecule has 0 spiro atoms. The minimum absolute atomic E-state index is 0.0171. The van der Waals surface area contributed by atoms with Crippen LogP contribution in [0.25, 0.3) is 0 Å². The third kappa shape index (κ3) is 2.85. The molecule has 1 amide bonds. The lowest BCUT2D eigenvalue weighted by Crippen LogP contribution is -2.43. The monoisotopic (exact) mass is 252 g/mol. The van der Waals surface area contributed by atoms with E-state index in [-0.39, 0.29) is 5.91 Å². The molecule has 1 aliphatic heterocycles. The van der Waals surface area contributed by atoms with Gasteiger partial charge in [-0.2, -0.15) is 5.10 Å². The molecule has 1 aliphatic rings. The molecule has 7 heteroatoms. The zero-order valence-corrected chi connectivity index (χ0v) is 10.2. The molecule has 1 saturated heterocycles. The molecule has 0 aliphatic carbocycles. The molecule has 1 unspecified atom stereocenters. The van der Waals surface area contributed by atoms with E-state index in [0.717, 1.165) is 0 Å². The Morgan fingerprint density at radius 2 is 2.39 bits per heavy atom. The number of hydrogen-bond acceptors (Lipinski definition) is 4. The van der Waals surface area contributed by atoms with E-state index >= 15 is 0 Å². The summed E-state index contributed by atoms with van der Waals surface area (Å²) in [6.07, 6.45) is 2.91. The maximum absolute atomic E-state index is 11.7. The summed E-state index contributed by atoms with van der Waals surface area (Å²) in [7, 11) is 1.78. The molecule has 18 heavy (non-hydrogen) atoms. The van der Waals surface area contributed by atoms with Gasteiger partial charge in [-0.25, -0.2) is 4.98 Å². The summed E-state index contributed by atoms with van der Waals surface area (Å²) in [5.41, 5.74) is 0. The van der Waals surface area contributed by atoms with Crippen LogP contribution in [-0.4, -0.2) is 49.7 Å². The van der Waals surface area contributed by atoms with E-state index in [9.17, 15) is 9.59 Å². The molecule has 7 nitrogen and oxygen atoms in total. The number of rotatable bonds is 4. The summed E-state index contributed by atoms with van der Waals surface area (Å²) in [6, 6.07) is 0. The number of hydrogen-bond donors (Lipinski definition) is 1. The van der Waals surface area contributed by atoms with Crippen LogP contribution in [0.4, 0.5) is 0 Å². The maximum atomic E-state index is 11.7. The van der Waals surface area contributed by atoms with Crippen LogP contribution in [-0.2, 0) is 23.1 Å². The van der Waals surface area contributed by atoms with E-state index in [2.05, 4.69) is 10.1 Å². The Hall–Kier alpha value is -1.92. The third-order valence-electron chi connectivity index (χ3n) is 3.10. The van der Waals surface area contributed by atoms with E-state index in [0.29, 0.717) is 38.2 Å². The summed E-state index contributed by atoms with van der Waals surface area (Å²) < 4.78 is 1.60. The van der Waals surface area contributed by atoms with Crippen molar-refractivity contribution in [2.45, 2.75) is 19.3 Å². The summed E-state index contributed by atoms with van der Waals surface area (Å²) in [4.78, 5) is 28.3. The quantitative estimate of drug-likeness (QED) is 0.793. The summed E-state index contributed by atoms with van der Waals surface area (Å²) >= 11 is 0. The molecule has 1 atom stereocenters. The van der Waals surface area contributed by atoms with Crippen LogP contribution < -0.4 is 0 Å². The number of likely N-dealkylation sites (tertiary alicyclic amines) is 1. The first-order valence-corrected chi connectivity index (χ1v) is 5.91. The lowest BCUT2D eigenvalue weighted by Gasteiger charge is -2.30. The Morgan fingerprint density at radius 3 is 3.00 bits per heavy atom. The number of nitrogens with zero attached hydrogens (tertiary/aromatic N) is 4. The van der Waals surface area contributed by atoms with Crippen molar-refractivity contribution in [3.8, 4) is 0 Å². The Balaban J connectivity index is 1.90. The van der Waals surface area contributed by atoms with Gasteiger partial charge in [-0.1, -0.05) is 0 Å². The standard InChI is InChI=1S/C11H16N4O3/c1-14-7-12-9(13-14)4-5-15-6-8(11(17)18)2-3-10(15)16/h7-8H,2-6H2,1H3,(H,17,18). The zero-order valence-electron chi connectivity index (χ0n) is 10.2. The van der Waals surface area contributed by atoms with Crippen LogP contribution in [0.1, 0.15) is 18.7 Å². The van der Waals surface area contributed by atoms with Crippen LogP contribution in [0.3, 0.4) is 0 Å². The van der Waals surface area contributed by atoms with Gasteiger partial charge in [0.2, 0.25) is 5.91 Å². The minimum Gasteiger partial charge on any atom is -0.481 e. The van der Waals surface area contributed by atoms with Crippen molar-refractivity contribution in [2.75, 3.05) is 13.1 Å². The average molecular weight is 252 g/mol. The highest BCUT2D eigenvalue weighted by atomic mass is 16.4. The second-order valence-electron chi connectivity index (χ2n) is 4.50. The first-order valence-electron chi connectivity index (χ1n) is 5.91. The fourth-order valence-electron chi connectivity index (χ4n) is 2.07. The third-order valence-corrected chi connectivity index (χ3v) is 3.10. The van der Waals surface area contributed by atoms with Gasteiger partial charge < -0.3 is 10.0 Å². The van der Waals surface area contributed by atoms with Crippen molar-refractivity contribution in [3.63, 3.8) is 0 Å². The fourth-order valence-corrected chi connectivity index (χ4v) is 2.07. The highest BCUT2D eigenvalue weighted by Crippen LogP contribution is 2.17. The number of amides is 1. The van der Waals surface area contributed by atoms with Crippen molar-refractivity contribution in [3.05, 3.63) is 12.2 Å². The van der Waals surface area contributed by atoms with Gasteiger partial charge in [0.1, 0.15) is 6.33 Å². The van der Waals surface area contributed by atoms with Crippen LogP contribution in [0.2, 0.25) is 0 Å². The van der Waals surface area contributed by atoms with Gasteiger partial charge in [0.05, 0.1) is 5.92 Å². The van der Waals surface area contributed by atoms with E-state index in [1.54, 1.807) is 23.0 Å². The van der Waals surface area contributed by atoms with Crippen LogP contribution in [0.15, 0.2) is 6.33 Å². The number of aliphatic carboxylic acids is 1. The number of aromatic nitrogens is 3. The van der Waals surface area contributed by atoms with Gasteiger partial charge in [-0.05, 0) is 6.42 Å². The van der Waals surface area contributed by atoms with E-state index in [1.807, 2.05) is 0 Å². The largest absolute Gasteiger partial charge is 0.481 e. The molecular formula is C11H16N4O3. The van der Waals surface area contributed by atoms with Crippen LogP contribution in [0.5, 0.6) is 0 Å². The number of carboxylic acid groups (broad SMARTS) is 1. The molecule has 0 radical (unpaired) electrons. The average Bonchev–Trinajstić information content (AvgIpc) is 2.74. The molecule has 0 bridgehead atoms. The van der Waals surface area contributed by atoms with Gasteiger partial charge in [0.25, 0.3) is 0 Å². The molecule has 2 rings (SSSR count). The van der Waals surface area contributed by atoms with Gasteiger partial charge in [-0.3, -0.25) is 14.3 Å². The van der Waals surface area contributed by atoms with E-state index < -0.39 is 11.9 Å². The topological polar surface area (TPSA) is 88.3 Å². The predicted molar refractivity (Wildman–Crippen MR) is 61.6 cm³/mol. The van der Waals surface area contributed by atoms with Crippen LogP contribution >= 0.6 is 0 Å². The van der Waals surface area contributed by atoms with Crippen molar-refractivity contribution >= 4 is 11.9 Å². The molecule has 0 saturated carbocycles. The second kappa shape index (κ2) is 5.16. The first kappa shape index (κ1) is 12.5. The molecule has 1 N–H and O–H groups in total. The number of carboxylic acids is 1. The number of carbonyl (C=O) groups excluding carboxylic acids is 1. The number of carbonyl (C=O) groups is 2. The van der Waals surface area contributed by atoms with Crippen molar-refractivity contribution in [1.82, 2.24) is 19.7 Å². The SMILES string of the molecule is Cn1cnc(CCN2CC(C(=O)O)CCC2=O)n1. The smallest absolute Gasteiger partial charge is 0.308 e. The lowest BCUT2D eigenvalue weighted by molar-refractivity contribution is -0.147. The Labute approximate surface area is 104 Å². The minimum atomic E-state index is -0.830. The molecule has 0 aromatic carbocycles. The Morgan fingerprint density at radius 1 is 1.61 bits per heavy atom. The van der Waals surface area contributed by atoms with Gasteiger partial charge in [0, 0.05) is 33.0 Å². The fraction of sp³-hybridized carbons (Fsp3) is 0.636. The molecule has 2 heterocycles. The normalized spacial score (nSPS) is 20.2. The Kier molecular flexibility index (Phi) is 3.59. The highest BCUT2D eigenvalue weighted by Gasteiger charge is 2.29. The Bertz CT molecular complexity index is 457. The first-order chi connectivity index (χ1) is 8.56. The molecule has 1 aromatic heterocycles. The summed E-state index contributed by atoms with van der Waals surface area (Å²) in [5, 5.41) is 13.1. The van der Waals surface area contributed by atoms with Crippen molar-refractivity contribution in [2.24, 2.45) is 13.0 Å². The summed E-state index contributed by atoms with van der Waals surface area (Å²) in [6.45, 7) is 0.771. The van der Waals surface area contributed by atoms with Crippen LogP contribution in [0, 0.1) is 5.92 Å². The zero-order chi connectivity index (χ0) is 13.1. The van der Waals surface area contributed by atoms with Crippen molar-refractivity contribution in [1.29, 1.82) is 0 Å². The molecule has 1 aromatic rings. The lowest BCUT2D eigenvalue weighted by atomic mass is 9.97. The second-order valence-corrected chi connectivity index (χ2v) is 4.50. The maximum Gasteiger partial charge on any atom is 0.308 e. The molecule has 98 valence electrons. The number of piperidine rings is 1. The molecular weight excluding hydrogens is 236 g/mol. The van der Waals surface area contributed by atoms with E-state index in [1.165, 1.54) is 0 Å². The molecule has 1 fully saturated rings. The van der Waals surface area contributed by atoms with Crippen molar-refractivity contribution < 1.29 is 14.7 Å².